The van der Waals surface area contributed by atoms with Crippen LogP contribution >= 0.6 is 0 Å². The highest BCUT2D eigenvalue weighted by molar-refractivity contribution is 7.91. The van der Waals surface area contributed by atoms with Gasteiger partial charge < -0.3 is 15.8 Å². The standard InChI is InChI=1S/C13H18F2N2O4S/c1-21-6-7-22(19,20)11-4-2-10(3-5-11)12(18)17-9-13(14,15)8-16/h2-5H,6-9,16H2,1H3,(H,17,18). The van der Waals surface area contributed by atoms with Gasteiger partial charge in [0.15, 0.2) is 9.84 Å². The monoisotopic (exact) mass is 336 g/mol. The van der Waals surface area contributed by atoms with Crippen LogP contribution in [0.2, 0.25) is 0 Å². The first kappa shape index (κ1) is 18.5. The molecule has 0 radical (unpaired) electrons. The van der Waals surface area contributed by atoms with Crippen LogP contribution in [0.3, 0.4) is 0 Å². The van der Waals surface area contributed by atoms with E-state index in [1.807, 2.05) is 5.32 Å². The van der Waals surface area contributed by atoms with Gasteiger partial charge in [-0.05, 0) is 24.3 Å². The van der Waals surface area contributed by atoms with E-state index in [1.165, 1.54) is 31.4 Å². The number of benzene rings is 1. The molecule has 0 atom stereocenters. The normalized spacial score (nSPS) is 12.2. The van der Waals surface area contributed by atoms with Crippen molar-refractivity contribution in [3.05, 3.63) is 29.8 Å². The first-order chi connectivity index (χ1) is 10.2. The molecule has 124 valence electrons. The summed E-state index contributed by atoms with van der Waals surface area (Å²) in [6, 6.07) is 5.02. The molecule has 0 unspecified atom stereocenters. The molecule has 1 aromatic rings. The largest absolute Gasteiger partial charge is 0.384 e. The summed E-state index contributed by atoms with van der Waals surface area (Å²) in [5, 5.41) is 2.04. The van der Waals surface area contributed by atoms with Crippen LogP contribution in [0.15, 0.2) is 29.2 Å². The van der Waals surface area contributed by atoms with Crippen LogP contribution in [0.5, 0.6) is 0 Å². The van der Waals surface area contributed by atoms with Crippen molar-refractivity contribution in [2.45, 2.75) is 10.8 Å². The summed E-state index contributed by atoms with van der Waals surface area (Å²) >= 11 is 0. The number of nitrogens with two attached hydrogens (primary N) is 1. The lowest BCUT2D eigenvalue weighted by molar-refractivity contribution is 0.0118. The second-order valence-corrected chi connectivity index (χ2v) is 6.69. The number of alkyl halides is 2. The highest BCUT2D eigenvalue weighted by Gasteiger charge is 2.27. The summed E-state index contributed by atoms with van der Waals surface area (Å²) in [5.41, 5.74) is 4.94. The van der Waals surface area contributed by atoms with Crippen molar-refractivity contribution in [3.63, 3.8) is 0 Å². The molecule has 0 spiro atoms. The fraction of sp³-hybridized carbons (Fsp3) is 0.462. The Bertz CT molecular complexity index is 603. The Morgan fingerprint density at radius 1 is 1.32 bits per heavy atom. The third-order valence-corrected chi connectivity index (χ3v) is 4.53. The third-order valence-electron chi connectivity index (χ3n) is 2.84. The number of amides is 1. The van der Waals surface area contributed by atoms with Gasteiger partial charge in [-0.15, -0.1) is 0 Å². The predicted molar refractivity (Wildman–Crippen MR) is 76.7 cm³/mol. The molecule has 0 aliphatic heterocycles. The Hall–Kier alpha value is -1.58. The van der Waals surface area contributed by atoms with Gasteiger partial charge >= 0.3 is 0 Å². The Morgan fingerprint density at radius 3 is 2.41 bits per heavy atom. The van der Waals surface area contributed by atoms with Gasteiger partial charge in [-0.2, -0.15) is 0 Å². The van der Waals surface area contributed by atoms with Gasteiger partial charge in [-0.25, -0.2) is 17.2 Å². The van der Waals surface area contributed by atoms with Crippen LogP contribution in [0.25, 0.3) is 0 Å². The van der Waals surface area contributed by atoms with Crippen molar-refractivity contribution < 1.29 is 26.7 Å². The SMILES string of the molecule is COCCS(=O)(=O)c1ccc(C(=O)NCC(F)(F)CN)cc1. The van der Waals surface area contributed by atoms with Crippen molar-refractivity contribution in [1.29, 1.82) is 0 Å². The van der Waals surface area contributed by atoms with Gasteiger partial charge in [0.2, 0.25) is 0 Å². The number of halogens is 2. The van der Waals surface area contributed by atoms with Crippen LogP contribution in [-0.2, 0) is 14.6 Å². The number of ether oxygens (including phenoxy) is 1. The fourth-order valence-electron chi connectivity index (χ4n) is 1.51. The minimum atomic E-state index is -3.50. The summed E-state index contributed by atoms with van der Waals surface area (Å²) in [5.74, 6) is -4.09. The molecule has 22 heavy (non-hydrogen) atoms. The van der Waals surface area contributed by atoms with Crippen molar-refractivity contribution in [3.8, 4) is 0 Å². The minimum absolute atomic E-state index is 0.0355. The molecule has 9 heteroatoms. The van der Waals surface area contributed by atoms with Crippen LogP contribution in [0.1, 0.15) is 10.4 Å². The highest BCUT2D eigenvalue weighted by atomic mass is 32.2. The molecule has 1 amide bonds. The Balaban J connectivity index is 2.74. The summed E-state index contributed by atoms with van der Waals surface area (Å²) in [6.45, 7) is -1.70. The molecule has 1 rings (SSSR count). The van der Waals surface area contributed by atoms with E-state index in [9.17, 15) is 22.0 Å². The van der Waals surface area contributed by atoms with E-state index >= 15 is 0 Å². The lowest BCUT2D eigenvalue weighted by atomic mass is 10.2. The predicted octanol–water partition coefficient (Wildman–Crippen LogP) is 0.430. The van der Waals surface area contributed by atoms with Gasteiger partial charge in [-0.1, -0.05) is 0 Å². The van der Waals surface area contributed by atoms with E-state index in [-0.39, 0.29) is 22.8 Å². The molecule has 0 aliphatic carbocycles. The molecule has 0 saturated heterocycles. The van der Waals surface area contributed by atoms with Crippen molar-refractivity contribution in [2.75, 3.05) is 32.6 Å². The number of carbonyl (C=O) groups excluding carboxylic acids is 1. The van der Waals surface area contributed by atoms with Crippen LogP contribution in [0, 0.1) is 0 Å². The number of hydrogen-bond acceptors (Lipinski definition) is 5. The van der Waals surface area contributed by atoms with Gasteiger partial charge in [0.1, 0.15) is 0 Å². The number of methoxy groups -OCH3 is 1. The number of carbonyl (C=O) groups is 1. The van der Waals surface area contributed by atoms with Gasteiger partial charge in [0, 0.05) is 12.7 Å². The number of hydrogen-bond donors (Lipinski definition) is 2. The van der Waals surface area contributed by atoms with Crippen LogP contribution in [-0.4, -0.2) is 52.8 Å². The van der Waals surface area contributed by atoms with Crippen LogP contribution in [0.4, 0.5) is 8.78 Å². The molecule has 0 aliphatic rings. The van der Waals surface area contributed by atoms with E-state index in [4.69, 9.17) is 10.5 Å². The number of rotatable bonds is 8. The Kier molecular flexibility index (Phi) is 6.39. The van der Waals surface area contributed by atoms with E-state index in [1.54, 1.807) is 0 Å². The Morgan fingerprint density at radius 2 is 1.91 bits per heavy atom. The topological polar surface area (TPSA) is 98.5 Å². The molecule has 0 aromatic heterocycles. The summed E-state index contributed by atoms with van der Waals surface area (Å²) in [4.78, 5) is 11.7. The number of sulfone groups is 1. The molecule has 0 heterocycles. The second-order valence-electron chi connectivity index (χ2n) is 4.58. The van der Waals surface area contributed by atoms with Crippen molar-refractivity contribution in [2.24, 2.45) is 5.73 Å². The molecular formula is C13H18F2N2O4S. The minimum Gasteiger partial charge on any atom is -0.384 e. The zero-order valence-electron chi connectivity index (χ0n) is 12.0. The molecule has 6 nitrogen and oxygen atoms in total. The van der Waals surface area contributed by atoms with Crippen molar-refractivity contribution in [1.82, 2.24) is 5.32 Å². The van der Waals surface area contributed by atoms with Gasteiger partial charge in [0.25, 0.3) is 11.8 Å². The van der Waals surface area contributed by atoms with E-state index in [2.05, 4.69) is 0 Å². The zero-order valence-corrected chi connectivity index (χ0v) is 12.8. The van der Waals surface area contributed by atoms with E-state index in [0.717, 1.165) is 0 Å². The quantitative estimate of drug-likeness (QED) is 0.717. The highest BCUT2D eigenvalue weighted by Crippen LogP contribution is 2.13. The molecular weight excluding hydrogens is 318 g/mol. The van der Waals surface area contributed by atoms with Crippen molar-refractivity contribution >= 4 is 15.7 Å². The Labute approximate surface area is 127 Å². The van der Waals surface area contributed by atoms with Gasteiger partial charge in [-0.3, -0.25) is 4.79 Å². The molecule has 0 bridgehead atoms. The lowest BCUT2D eigenvalue weighted by Gasteiger charge is -2.14. The smallest absolute Gasteiger partial charge is 0.277 e. The third kappa shape index (κ3) is 5.32. The first-order valence-corrected chi connectivity index (χ1v) is 8.05. The maximum atomic E-state index is 12.9. The first-order valence-electron chi connectivity index (χ1n) is 6.40. The average Bonchev–Trinajstić information content (AvgIpc) is 2.51. The average molecular weight is 336 g/mol. The summed E-state index contributed by atoms with van der Waals surface area (Å²) in [6.07, 6.45) is 0. The molecule has 0 saturated carbocycles. The summed E-state index contributed by atoms with van der Waals surface area (Å²) < 4.78 is 54.3. The lowest BCUT2D eigenvalue weighted by Crippen LogP contribution is -2.41. The zero-order chi connectivity index (χ0) is 16.8. The molecule has 1 aromatic carbocycles. The van der Waals surface area contributed by atoms with E-state index < -0.39 is 34.8 Å². The summed E-state index contributed by atoms with van der Waals surface area (Å²) in [7, 11) is -2.11. The van der Waals surface area contributed by atoms with E-state index in [0.29, 0.717) is 0 Å². The number of nitrogens with one attached hydrogen (secondary N) is 1. The fourth-order valence-corrected chi connectivity index (χ4v) is 2.68. The van der Waals surface area contributed by atoms with Gasteiger partial charge in [0.05, 0.1) is 30.3 Å². The molecule has 3 N–H and O–H groups in total. The maximum Gasteiger partial charge on any atom is 0.277 e. The second kappa shape index (κ2) is 7.61. The van der Waals surface area contributed by atoms with Crippen LogP contribution < -0.4 is 11.1 Å². The maximum absolute atomic E-state index is 12.9. The molecule has 0 fully saturated rings.